The van der Waals surface area contributed by atoms with Crippen molar-refractivity contribution >= 4 is 17.5 Å². The van der Waals surface area contributed by atoms with Crippen LogP contribution >= 0.6 is 0 Å². The van der Waals surface area contributed by atoms with Gasteiger partial charge >= 0.3 is 0 Å². The molecule has 112 valence electrons. The van der Waals surface area contributed by atoms with Gasteiger partial charge in [0.15, 0.2) is 0 Å². The van der Waals surface area contributed by atoms with Crippen molar-refractivity contribution in [2.24, 2.45) is 0 Å². The normalized spacial score (nSPS) is 24.1. The first-order valence-electron chi connectivity index (χ1n) is 7.54. The Balaban J connectivity index is 1.62. The molecule has 2 atom stereocenters. The molecule has 0 bridgehead atoms. The molecule has 2 aliphatic heterocycles. The van der Waals surface area contributed by atoms with Gasteiger partial charge < -0.3 is 15.5 Å². The van der Waals surface area contributed by atoms with Crippen molar-refractivity contribution in [3.05, 3.63) is 29.8 Å². The SMILES string of the molecule is CC(=O)N[C@@H]1CCCN(C(=O)[C@H]2Cc3ccccc3N2)C1. The molecular formula is C16H21N3O2. The summed E-state index contributed by atoms with van der Waals surface area (Å²) in [5.74, 6) is 0.113. The van der Waals surface area contributed by atoms with Crippen LogP contribution in [0.5, 0.6) is 0 Å². The molecule has 0 saturated carbocycles. The van der Waals surface area contributed by atoms with Gasteiger partial charge in [0.25, 0.3) is 0 Å². The lowest BCUT2D eigenvalue weighted by molar-refractivity contribution is -0.134. The Labute approximate surface area is 124 Å². The van der Waals surface area contributed by atoms with Gasteiger partial charge in [-0.25, -0.2) is 0 Å². The maximum atomic E-state index is 12.7. The standard InChI is InChI=1S/C16H21N3O2/c1-11(20)17-13-6-4-8-19(10-13)16(21)15-9-12-5-2-3-7-14(12)18-15/h2-3,5,7,13,15,18H,4,6,8-10H2,1H3,(H,17,20)/t13-,15-/m1/s1. The molecule has 5 nitrogen and oxygen atoms in total. The van der Waals surface area contributed by atoms with Crippen LogP contribution in [-0.2, 0) is 16.0 Å². The summed E-state index contributed by atoms with van der Waals surface area (Å²) in [4.78, 5) is 25.7. The number of benzene rings is 1. The Kier molecular flexibility index (Phi) is 3.82. The molecule has 0 unspecified atom stereocenters. The molecule has 3 rings (SSSR count). The molecule has 0 aliphatic carbocycles. The number of amides is 2. The molecule has 1 aromatic rings. The summed E-state index contributed by atoms with van der Waals surface area (Å²) in [6, 6.07) is 7.97. The van der Waals surface area contributed by atoms with E-state index in [1.165, 1.54) is 12.5 Å². The van der Waals surface area contributed by atoms with Gasteiger partial charge in [-0.15, -0.1) is 0 Å². The van der Waals surface area contributed by atoms with Gasteiger partial charge in [-0.2, -0.15) is 0 Å². The molecule has 2 heterocycles. The van der Waals surface area contributed by atoms with E-state index in [0.717, 1.165) is 31.5 Å². The van der Waals surface area contributed by atoms with E-state index in [4.69, 9.17) is 0 Å². The first-order valence-corrected chi connectivity index (χ1v) is 7.54. The molecule has 1 fully saturated rings. The lowest BCUT2D eigenvalue weighted by Gasteiger charge is -2.34. The quantitative estimate of drug-likeness (QED) is 0.858. The zero-order chi connectivity index (χ0) is 14.8. The zero-order valence-electron chi connectivity index (χ0n) is 12.3. The Bertz CT molecular complexity index is 533. The highest BCUT2D eigenvalue weighted by Crippen LogP contribution is 2.26. The predicted octanol–water partition coefficient (Wildman–Crippen LogP) is 1.15. The van der Waals surface area contributed by atoms with Crippen molar-refractivity contribution in [2.75, 3.05) is 18.4 Å². The lowest BCUT2D eigenvalue weighted by Crippen LogP contribution is -2.52. The van der Waals surface area contributed by atoms with Crippen LogP contribution < -0.4 is 10.6 Å². The molecule has 2 amide bonds. The van der Waals surface area contributed by atoms with E-state index in [2.05, 4.69) is 16.7 Å². The average molecular weight is 287 g/mol. The van der Waals surface area contributed by atoms with E-state index < -0.39 is 0 Å². The van der Waals surface area contributed by atoms with Crippen molar-refractivity contribution in [3.63, 3.8) is 0 Å². The number of piperidine rings is 1. The van der Waals surface area contributed by atoms with E-state index in [1.54, 1.807) is 0 Å². The minimum absolute atomic E-state index is 0.0271. The van der Waals surface area contributed by atoms with Crippen molar-refractivity contribution in [1.29, 1.82) is 0 Å². The van der Waals surface area contributed by atoms with Gasteiger partial charge in [-0.05, 0) is 24.5 Å². The number of nitrogens with zero attached hydrogens (tertiary/aromatic N) is 1. The third-order valence-corrected chi connectivity index (χ3v) is 4.21. The van der Waals surface area contributed by atoms with Crippen LogP contribution in [0.25, 0.3) is 0 Å². The van der Waals surface area contributed by atoms with Crippen LogP contribution in [0.4, 0.5) is 5.69 Å². The van der Waals surface area contributed by atoms with Crippen LogP contribution in [0.1, 0.15) is 25.3 Å². The summed E-state index contributed by atoms with van der Waals surface area (Å²) in [5.41, 5.74) is 2.26. The monoisotopic (exact) mass is 287 g/mol. The Morgan fingerprint density at radius 3 is 2.90 bits per heavy atom. The second kappa shape index (κ2) is 5.76. The Morgan fingerprint density at radius 1 is 1.33 bits per heavy atom. The highest BCUT2D eigenvalue weighted by Gasteiger charge is 2.32. The second-order valence-electron chi connectivity index (χ2n) is 5.88. The van der Waals surface area contributed by atoms with E-state index >= 15 is 0 Å². The zero-order valence-corrected chi connectivity index (χ0v) is 12.3. The summed E-state index contributed by atoms with van der Waals surface area (Å²) < 4.78 is 0. The van der Waals surface area contributed by atoms with Crippen LogP contribution in [0.15, 0.2) is 24.3 Å². The van der Waals surface area contributed by atoms with E-state index in [9.17, 15) is 9.59 Å². The van der Waals surface area contributed by atoms with Crippen molar-refractivity contribution < 1.29 is 9.59 Å². The van der Waals surface area contributed by atoms with Gasteiger partial charge in [0.2, 0.25) is 11.8 Å². The number of anilines is 1. The molecule has 0 radical (unpaired) electrons. The van der Waals surface area contributed by atoms with E-state index in [-0.39, 0.29) is 23.9 Å². The lowest BCUT2D eigenvalue weighted by atomic mass is 10.0. The maximum Gasteiger partial charge on any atom is 0.245 e. The molecule has 0 aromatic heterocycles. The predicted molar refractivity (Wildman–Crippen MR) is 81.0 cm³/mol. The van der Waals surface area contributed by atoms with Crippen LogP contribution in [-0.4, -0.2) is 41.9 Å². The van der Waals surface area contributed by atoms with E-state index in [0.29, 0.717) is 6.54 Å². The maximum absolute atomic E-state index is 12.7. The Morgan fingerprint density at radius 2 is 2.14 bits per heavy atom. The van der Waals surface area contributed by atoms with Crippen molar-refractivity contribution in [1.82, 2.24) is 10.2 Å². The van der Waals surface area contributed by atoms with Gasteiger partial charge in [0, 0.05) is 38.2 Å². The number of para-hydroxylation sites is 1. The molecule has 2 N–H and O–H groups in total. The summed E-state index contributed by atoms with van der Waals surface area (Å²) >= 11 is 0. The molecule has 0 spiro atoms. The highest BCUT2D eigenvalue weighted by molar-refractivity contribution is 5.87. The third kappa shape index (κ3) is 3.01. The number of rotatable bonds is 2. The van der Waals surface area contributed by atoms with Crippen LogP contribution in [0.3, 0.4) is 0 Å². The van der Waals surface area contributed by atoms with Gasteiger partial charge in [-0.3, -0.25) is 9.59 Å². The number of carbonyl (C=O) groups is 2. The fourth-order valence-electron chi connectivity index (χ4n) is 3.25. The number of hydrogen-bond donors (Lipinski definition) is 2. The van der Waals surface area contributed by atoms with Gasteiger partial charge in [-0.1, -0.05) is 18.2 Å². The number of nitrogens with one attached hydrogen (secondary N) is 2. The first kappa shape index (κ1) is 13.9. The summed E-state index contributed by atoms with van der Waals surface area (Å²) in [6.07, 6.45) is 2.63. The molecule has 2 aliphatic rings. The van der Waals surface area contributed by atoms with Gasteiger partial charge in [0.05, 0.1) is 0 Å². The minimum Gasteiger partial charge on any atom is -0.373 e. The largest absolute Gasteiger partial charge is 0.373 e. The number of carbonyl (C=O) groups excluding carboxylic acids is 2. The molecule has 1 saturated heterocycles. The highest BCUT2D eigenvalue weighted by atomic mass is 16.2. The van der Waals surface area contributed by atoms with Crippen molar-refractivity contribution in [2.45, 2.75) is 38.3 Å². The average Bonchev–Trinajstić information content (AvgIpc) is 2.90. The molecule has 21 heavy (non-hydrogen) atoms. The Hall–Kier alpha value is -2.04. The number of likely N-dealkylation sites (tertiary alicyclic amines) is 1. The third-order valence-electron chi connectivity index (χ3n) is 4.21. The fraction of sp³-hybridized carbons (Fsp3) is 0.500. The van der Waals surface area contributed by atoms with E-state index in [1.807, 2.05) is 23.1 Å². The minimum atomic E-state index is -0.168. The second-order valence-corrected chi connectivity index (χ2v) is 5.88. The summed E-state index contributed by atoms with van der Waals surface area (Å²) in [5, 5.41) is 6.23. The van der Waals surface area contributed by atoms with Crippen LogP contribution in [0.2, 0.25) is 0 Å². The topological polar surface area (TPSA) is 61.4 Å². The molecule has 1 aromatic carbocycles. The van der Waals surface area contributed by atoms with Crippen LogP contribution in [0, 0.1) is 0 Å². The number of hydrogen-bond acceptors (Lipinski definition) is 3. The molecular weight excluding hydrogens is 266 g/mol. The molecule has 5 heteroatoms. The van der Waals surface area contributed by atoms with Gasteiger partial charge in [0.1, 0.15) is 6.04 Å². The smallest absolute Gasteiger partial charge is 0.245 e. The number of fused-ring (bicyclic) bond motifs is 1. The fourth-order valence-corrected chi connectivity index (χ4v) is 3.25. The summed E-state index contributed by atoms with van der Waals surface area (Å²) in [7, 11) is 0. The first-order chi connectivity index (χ1) is 10.1. The van der Waals surface area contributed by atoms with Crippen molar-refractivity contribution in [3.8, 4) is 0 Å². The summed E-state index contributed by atoms with van der Waals surface area (Å²) in [6.45, 7) is 2.92.